The third-order valence-electron chi connectivity index (χ3n) is 7.29. The number of benzene rings is 5. The van der Waals surface area contributed by atoms with E-state index in [0.717, 1.165) is 32.9 Å². The number of rotatable bonds is 2. The Labute approximate surface area is 204 Å². The molecule has 1 atom stereocenters. The van der Waals surface area contributed by atoms with Gasteiger partial charge in [0.1, 0.15) is 7.14 Å². The highest BCUT2D eigenvalue weighted by atomic mass is 31.2. The third kappa shape index (κ3) is 2.84. The van der Waals surface area contributed by atoms with Crippen LogP contribution in [0.15, 0.2) is 116 Å². The summed E-state index contributed by atoms with van der Waals surface area (Å²) >= 11 is 0. The predicted molar refractivity (Wildman–Crippen MR) is 148 cm³/mol. The Balaban J connectivity index is 1.68. The normalized spacial score (nSPS) is 16.4. The Bertz CT molecular complexity index is 1780. The van der Waals surface area contributed by atoms with Crippen LogP contribution in [0, 0.1) is 0 Å². The lowest BCUT2D eigenvalue weighted by Gasteiger charge is -2.19. The molecule has 2 heterocycles. The fourth-order valence-corrected chi connectivity index (χ4v) is 8.13. The summed E-state index contributed by atoms with van der Waals surface area (Å²) in [5.74, 6) is 0. The third-order valence-corrected chi connectivity index (χ3v) is 9.89. The van der Waals surface area contributed by atoms with Gasteiger partial charge < -0.3 is 4.57 Å². The Morgan fingerprint density at radius 3 is 1.77 bits per heavy atom. The molecule has 3 heteroatoms. The summed E-state index contributed by atoms with van der Waals surface area (Å²) < 4.78 is 14.0. The zero-order chi connectivity index (χ0) is 23.6. The fourth-order valence-electron chi connectivity index (χ4n) is 5.81. The fraction of sp³-hybridized carbons (Fsp3) is 0.0312. The van der Waals surface area contributed by atoms with E-state index in [1.54, 1.807) is 0 Å². The van der Waals surface area contributed by atoms with Gasteiger partial charge in [0.2, 0.25) is 0 Å². The lowest BCUT2D eigenvalue weighted by Crippen LogP contribution is -2.08. The van der Waals surface area contributed by atoms with Crippen molar-refractivity contribution in [3.63, 3.8) is 0 Å². The van der Waals surface area contributed by atoms with E-state index in [0.29, 0.717) is 0 Å². The predicted octanol–water partition coefficient (Wildman–Crippen LogP) is 7.65. The maximum atomic E-state index is 14.0. The molecule has 6 aromatic rings. The van der Waals surface area contributed by atoms with Crippen molar-refractivity contribution in [3.05, 3.63) is 116 Å². The summed E-state index contributed by atoms with van der Waals surface area (Å²) in [6.45, 7) is 1.91. The molecule has 1 aliphatic rings. The van der Waals surface area contributed by atoms with Gasteiger partial charge in [0, 0.05) is 34.1 Å². The highest BCUT2D eigenvalue weighted by molar-refractivity contribution is 7.79. The quantitative estimate of drug-likeness (QED) is 0.193. The van der Waals surface area contributed by atoms with Crippen LogP contribution in [0.25, 0.3) is 54.9 Å². The summed E-state index contributed by atoms with van der Waals surface area (Å²) in [7, 11) is -2.66. The molecule has 0 aliphatic carbocycles. The van der Waals surface area contributed by atoms with Gasteiger partial charge in [0.25, 0.3) is 0 Å². The smallest absolute Gasteiger partial charge is 0.141 e. The molecule has 35 heavy (non-hydrogen) atoms. The van der Waals surface area contributed by atoms with Crippen molar-refractivity contribution < 1.29 is 4.57 Å². The van der Waals surface area contributed by atoms with E-state index in [2.05, 4.69) is 77.8 Å². The second-order valence-electron chi connectivity index (χ2n) is 9.22. The molecular formula is C32H22NOP. The first-order valence-electron chi connectivity index (χ1n) is 11.8. The summed E-state index contributed by atoms with van der Waals surface area (Å²) in [5.41, 5.74) is 6.83. The Kier molecular flexibility index (Phi) is 4.37. The zero-order valence-corrected chi connectivity index (χ0v) is 20.2. The van der Waals surface area contributed by atoms with E-state index in [1.807, 2.05) is 49.4 Å². The zero-order valence-electron chi connectivity index (χ0n) is 19.3. The second kappa shape index (κ2) is 7.50. The maximum Gasteiger partial charge on any atom is 0.141 e. The van der Waals surface area contributed by atoms with Crippen LogP contribution in [0.4, 0.5) is 0 Å². The summed E-state index contributed by atoms with van der Waals surface area (Å²) in [4.78, 5) is 4.41. The van der Waals surface area contributed by atoms with Gasteiger partial charge >= 0.3 is 0 Å². The van der Waals surface area contributed by atoms with Crippen molar-refractivity contribution in [1.82, 2.24) is 4.98 Å². The first kappa shape index (κ1) is 20.4. The SMILES string of the molecule is CP1(=O)c2ccccc2-c2c(-c3c4ccccc4c(-c4cccnc4)c4ccccc34)cccc21. The van der Waals surface area contributed by atoms with Crippen molar-refractivity contribution in [2.24, 2.45) is 0 Å². The van der Waals surface area contributed by atoms with Crippen LogP contribution in [-0.4, -0.2) is 11.6 Å². The topological polar surface area (TPSA) is 30.0 Å². The van der Waals surface area contributed by atoms with Crippen LogP contribution in [0.1, 0.15) is 0 Å². The van der Waals surface area contributed by atoms with Crippen molar-refractivity contribution >= 4 is 39.3 Å². The molecule has 1 aromatic heterocycles. The van der Waals surface area contributed by atoms with Gasteiger partial charge in [-0.25, -0.2) is 0 Å². The van der Waals surface area contributed by atoms with E-state index in [1.165, 1.54) is 32.7 Å². The minimum atomic E-state index is -2.66. The first-order valence-corrected chi connectivity index (χ1v) is 14.0. The van der Waals surface area contributed by atoms with Gasteiger partial charge in [0.05, 0.1) is 0 Å². The van der Waals surface area contributed by atoms with E-state index in [-0.39, 0.29) is 0 Å². The molecule has 0 radical (unpaired) electrons. The molecule has 1 aliphatic heterocycles. The van der Waals surface area contributed by atoms with Crippen LogP contribution in [0.3, 0.4) is 0 Å². The van der Waals surface area contributed by atoms with Gasteiger partial charge in [-0.15, -0.1) is 0 Å². The molecule has 0 saturated heterocycles. The summed E-state index contributed by atoms with van der Waals surface area (Å²) in [6.07, 6.45) is 3.76. The monoisotopic (exact) mass is 467 g/mol. The van der Waals surface area contributed by atoms with E-state index >= 15 is 0 Å². The van der Waals surface area contributed by atoms with Gasteiger partial charge in [-0.05, 0) is 56.5 Å². The molecule has 0 bridgehead atoms. The molecule has 0 saturated carbocycles. The lowest BCUT2D eigenvalue weighted by molar-refractivity contribution is 0.591. The molecule has 1 unspecified atom stereocenters. The molecule has 0 amide bonds. The van der Waals surface area contributed by atoms with Crippen LogP contribution in [0.2, 0.25) is 0 Å². The maximum absolute atomic E-state index is 14.0. The minimum absolute atomic E-state index is 0.959. The number of pyridine rings is 1. The van der Waals surface area contributed by atoms with Crippen LogP contribution in [0.5, 0.6) is 0 Å². The Hall–Kier alpha value is -4.00. The summed E-state index contributed by atoms with van der Waals surface area (Å²) in [5, 5.41) is 6.68. The Morgan fingerprint density at radius 2 is 1.11 bits per heavy atom. The van der Waals surface area contributed by atoms with E-state index < -0.39 is 7.14 Å². The minimum Gasteiger partial charge on any atom is -0.314 e. The number of aromatic nitrogens is 1. The number of fused-ring (bicyclic) bond motifs is 5. The van der Waals surface area contributed by atoms with E-state index in [9.17, 15) is 4.57 Å². The highest BCUT2D eigenvalue weighted by Crippen LogP contribution is 2.54. The van der Waals surface area contributed by atoms with Crippen molar-refractivity contribution in [3.8, 4) is 33.4 Å². The van der Waals surface area contributed by atoms with Crippen molar-refractivity contribution in [2.45, 2.75) is 0 Å². The van der Waals surface area contributed by atoms with Crippen molar-refractivity contribution in [2.75, 3.05) is 6.66 Å². The standard InChI is InChI=1S/C32H22NOP/c1-35(34)28-17-7-6-15-26(28)32-27(16-8-18-29(32)35)31-24-13-4-2-11-22(24)30(21-10-9-19-33-20-21)23-12-3-5-14-25(23)31/h2-20H,1H3. The number of hydrogen-bond donors (Lipinski definition) is 0. The second-order valence-corrected chi connectivity index (χ2v) is 12.0. The summed E-state index contributed by atoms with van der Waals surface area (Å²) in [6, 6.07) is 35.9. The van der Waals surface area contributed by atoms with Crippen LogP contribution >= 0.6 is 7.14 Å². The molecule has 0 N–H and O–H groups in total. The molecule has 5 aromatic carbocycles. The van der Waals surface area contributed by atoms with Crippen molar-refractivity contribution in [1.29, 1.82) is 0 Å². The van der Waals surface area contributed by atoms with Gasteiger partial charge in [-0.3, -0.25) is 4.98 Å². The van der Waals surface area contributed by atoms with Gasteiger partial charge in [-0.2, -0.15) is 0 Å². The van der Waals surface area contributed by atoms with Crippen LogP contribution < -0.4 is 10.6 Å². The van der Waals surface area contributed by atoms with E-state index in [4.69, 9.17) is 0 Å². The highest BCUT2D eigenvalue weighted by Gasteiger charge is 2.36. The Morgan fingerprint density at radius 1 is 0.543 bits per heavy atom. The molecular weight excluding hydrogens is 445 g/mol. The van der Waals surface area contributed by atoms with Gasteiger partial charge in [0.15, 0.2) is 0 Å². The molecule has 0 spiro atoms. The average Bonchev–Trinajstić information content (AvgIpc) is 3.15. The number of hydrogen-bond acceptors (Lipinski definition) is 2. The van der Waals surface area contributed by atoms with Crippen LogP contribution in [-0.2, 0) is 4.57 Å². The molecule has 7 rings (SSSR count). The average molecular weight is 468 g/mol. The molecule has 2 nitrogen and oxygen atoms in total. The largest absolute Gasteiger partial charge is 0.314 e. The molecule has 0 fully saturated rings. The lowest BCUT2D eigenvalue weighted by atomic mass is 9.84. The number of nitrogens with zero attached hydrogens (tertiary/aromatic N) is 1. The van der Waals surface area contributed by atoms with Gasteiger partial charge in [-0.1, -0.05) is 97.1 Å². The first-order chi connectivity index (χ1) is 17.2. The molecule has 166 valence electrons.